The van der Waals surface area contributed by atoms with Gasteiger partial charge in [0.2, 0.25) is 5.91 Å². The molecule has 1 fully saturated rings. The minimum absolute atomic E-state index is 0.0486. The maximum Gasteiger partial charge on any atom is 0.227 e. The number of anilines is 1. The van der Waals surface area contributed by atoms with Crippen LogP contribution in [0.1, 0.15) is 19.8 Å². The Hall–Kier alpha value is -1.59. The minimum atomic E-state index is -0.0498. The van der Waals surface area contributed by atoms with Crippen LogP contribution in [0.15, 0.2) is 24.3 Å². The van der Waals surface area contributed by atoms with Crippen molar-refractivity contribution in [1.82, 2.24) is 5.32 Å². The highest BCUT2D eigenvalue weighted by atomic mass is 16.5. The fourth-order valence-corrected chi connectivity index (χ4v) is 2.07. The molecular weight excluding hydrogens is 256 g/mol. The van der Waals surface area contributed by atoms with Crippen molar-refractivity contribution in [2.24, 2.45) is 0 Å². The minimum Gasteiger partial charge on any atom is -0.491 e. The van der Waals surface area contributed by atoms with Crippen molar-refractivity contribution in [2.45, 2.75) is 25.9 Å². The zero-order valence-electron chi connectivity index (χ0n) is 11.9. The Bertz CT molecular complexity index is 431. The van der Waals surface area contributed by atoms with Crippen LogP contribution in [0.2, 0.25) is 0 Å². The maximum absolute atomic E-state index is 12.0. The van der Waals surface area contributed by atoms with Crippen LogP contribution in [0, 0.1) is 0 Å². The van der Waals surface area contributed by atoms with Crippen molar-refractivity contribution >= 4 is 11.6 Å². The summed E-state index contributed by atoms with van der Waals surface area (Å²) in [5.74, 6) is 0.664. The number of carbonyl (C=O) groups is 1. The summed E-state index contributed by atoms with van der Waals surface area (Å²) in [7, 11) is 0. The molecule has 1 unspecified atom stereocenters. The molecule has 1 atom stereocenters. The molecule has 0 aliphatic carbocycles. The van der Waals surface area contributed by atoms with Crippen LogP contribution in [0.5, 0.6) is 5.75 Å². The molecule has 0 bridgehead atoms. The number of amides is 1. The van der Waals surface area contributed by atoms with Crippen LogP contribution in [-0.4, -0.2) is 38.3 Å². The molecule has 1 aliphatic rings. The molecule has 0 saturated carbocycles. The van der Waals surface area contributed by atoms with Gasteiger partial charge in [0.25, 0.3) is 0 Å². The average Bonchev–Trinajstić information content (AvgIpc) is 2.47. The molecule has 1 aromatic rings. The second-order valence-electron chi connectivity index (χ2n) is 4.79. The van der Waals surface area contributed by atoms with Crippen molar-refractivity contribution in [1.29, 1.82) is 0 Å². The van der Waals surface area contributed by atoms with Crippen molar-refractivity contribution < 1.29 is 14.3 Å². The van der Waals surface area contributed by atoms with Gasteiger partial charge in [0.15, 0.2) is 0 Å². The molecule has 2 N–H and O–H groups in total. The van der Waals surface area contributed by atoms with Crippen LogP contribution in [0.3, 0.4) is 0 Å². The second kappa shape index (κ2) is 7.87. The van der Waals surface area contributed by atoms with Crippen molar-refractivity contribution in [3.8, 4) is 5.75 Å². The van der Waals surface area contributed by atoms with Gasteiger partial charge in [-0.05, 0) is 18.6 Å². The monoisotopic (exact) mass is 278 g/mol. The molecule has 1 saturated heterocycles. The van der Waals surface area contributed by atoms with Crippen molar-refractivity contribution in [3.63, 3.8) is 0 Å². The molecule has 0 aromatic heterocycles. The molecule has 0 radical (unpaired) electrons. The molecule has 5 nitrogen and oxygen atoms in total. The number of morpholine rings is 1. The maximum atomic E-state index is 12.0. The number of ether oxygens (including phenoxy) is 2. The number of nitrogens with one attached hydrogen (secondary N) is 2. The van der Waals surface area contributed by atoms with Crippen LogP contribution < -0.4 is 15.4 Å². The molecule has 1 aliphatic heterocycles. The van der Waals surface area contributed by atoms with Gasteiger partial charge in [0.1, 0.15) is 5.75 Å². The fraction of sp³-hybridized carbons (Fsp3) is 0.533. The Kier molecular flexibility index (Phi) is 5.83. The molecule has 1 amide bonds. The van der Waals surface area contributed by atoms with Gasteiger partial charge in [-0.25, -0.2) is 0 Å². The van der Waals surface area contributed by atoms with E-state index >= 15 is 0 Å². The second-order valence-corrected chi connectivity index (χ2v) is 4.79. The Balaban J connectivity index is 1.89. The normalized spacial score (nSPS) is 18.6. The molecule has 1 aromatic carbocycles. The van der Waals surface area contributed by atoms with Gasteiger partial charge in [0.05, 0.1) is 31.4 Å². The molecule has 2 rings (SSSR count). The summed E-state index contributed by atoms with van der Waals surface area (Å²) in [6.07, 6.45) is 1.24. The first-order valence-corrected chi connectivity index (χ1v) is 7.13. The Morgan fingerprint density at radius 1 is 1.50 bits per heavy atom. The number of benzene rings is 1. The number of hydrogen-bond donors (Lipinski definition) is 2. The lowest BCUT2D eigenvalue weighted by atomic mass is 10.2. The summed E-state index contributed by atoms with van der Waals surface area (Å²) >= 11 is 0. The zero-order chi connectivity index (χ0) is 14.2. The number of para-hydroxylation sites is 2. The quantitative estimate of drug-likeness (QED) is 0.833. The third-order valence-electron chi connectivity index (χ3n) is 3.04. The van der Waals surface area contributed by atoms with Crippen molar-refractivity contribution in [2.75, 3.05) is 31.6 Å². The van der Waals surface area contributed by atoms with E-state index in [0.29, 0.717) is 25.4 Å². The van der Waals surface area contributed by atoms with Crippen molar-refractivity contribution in [3.05, 3.63) is 24.3 Å². The Morgan fingerprint density at radius 2 is 2.35 bits per heavy atom. The Labute approximate surface area is 119 Å². The summed E-state index contributed by atoms with van der Waals surface area (Å²) < 4.78 is 11.1. The highest BCUT2D eigenvalue weighted by molar-refractivity contribution is 5.92. The predicted octanol–water partition coefficient (Wildman–Crippen LogP) is 1.79. The van der Waals surface area contributed by atoms with Gasteiger partial charge in [-0.15, -0.1) is 0 Å². The van der Waals surface area contributed by atoms with Crippen LogP contribution in [-0.2, 0) is 9.53 Å². The van der Waals surface area contributed by atoms with Gasteiger partial charge in [-0.2, -0.15) is 0 Å². The third kappa shape index (κ3) is 4.51. The summed E-state index contributed by atoms with van der Waals surface area (Å²) in [4.78, 5) is 12.0. The van der Waals surface area contributed by atoms with E-state index in [0.717, 1.165) is 25.2 Å². The van der Waals surface area contributed by atoms with Gasteiger partial charge >= 0.3 is 0 Å². The fourth-order valence-electron chi connectivity index (χ4n) is 2.07. The molecule has 110 valence electrons. The van der Waals surface area contributed by atoms with E-state index in [1.54, 1.807) is 0 Å². The largest absolute Gasteiger partial charge is 0.491 e. The Morgan fingerprint density at radius 3 is 3.10 bits per heavy atom. The van der Waals surface area contributed by atoms with E-state index in [-0.39, 0.29) is 12.0 Å². The topological polar surface area (TPSA) is 59.6 Å². The smallest absolute Gasteiger partial charge is 0.227 e. The van der Waals surface area contributed by atoms with E-state index in [1.807, 2.05) is 24.3 Å². The first-order valence-electron chi connectivity index (χ1n) is 7.13. The molecule has 20 heavy (non-hydrogen) atoms. The standard InChI is InChI=1S/C15H22N2O3/c1-2-8-20-14-6-4-3-5-13(14)17-15(18)10-12-11-16-7-9-19-12/h3-6,12,16H,2,7-11H2,1H3,(H,17,18). The molecule has 5 heteroatoms. The van der Waals surface area contributed by atoms with Gasteiger partial charge in [-0.3, -0.25) is 4.79 Å². The first-order chi connectivity index (χ1) is 9.79. The van der Waals surface area contributed by atoms with Crippen LogP contribution in [0.25, 0.3) is 0 Å². The van der Waals surface area contributed by atoms with E-state index in [4.69, 9.17) is 9.47 Å². The van der Waals surface area contributed by atoms with Crippen LogP contribution in [0.4, 0.5) is 5.69 Å². The summed E-state index contributed by atoms with van der Waals surface area (Å²) in [5.41, 5.74) is 0.717. The number of rotatable bonds is 6. The van der Waals surface area contributed by atoms with E-state index < -0.39 is 0 Å². The van der Waals surface area contributed by atoms with E-state index in [1.165, 1.54) is 0 Å². The summed E-state index contributed by atoms with van der Waals surface area (Å²) in [6.45, 7) is 4.93. The summed E-state index contributed by atoms with van der Waals surface area (Å²) in [5, 5.41) is 6.11. The summed E-state index contributed by atoms with van der Waals surface area (Å²) in [6, 6.07) is 7.49. The highest BCUT2D eigenvalue weighted by Gasteiger charge is 2.18. The third-order valence-corrected chi connectivity index (χ3v) is 3.04. The molecule has 0 spiro atoms. The SMILES string of the molecule is CCCOc1ccccc1NC(=O)CC1CNCCO1. The molecular formula is C15H22N2O3. The van der Waals surface area contributed by atoms with Gasteiger partial charge < -0.3 is 20.1 Å². The average molecular weight is 278 g/mol. The van der Waals surface area contributed by atoms with Gasteiger partial charge in [-0.1, -0.05) is 19.1 Å². The zero-order valence-corrected chi connectivity index (χ0v) is 11.9. The number of carbonyl (C=O) groups excluding carboxylic acids is 1. The van der Waals surface area contributed by atoms with Crippen LogP contribution >= 0.6 is 0 Å². The molecule has 1 heterocycles. The number of hydrogen-bond acceptors (Lipinski definition) is 4. The van der Waals surface area contributed by atoms with E-state index in [2.05, 4.69) is 17.6 Å². The first kappa shape index (κ1) is 14.8. The van der Waals surface area contributed by atoms with E-state index in [9.17, 15) is 4.79 Å². The lowest BCUT2D eigenvalue weighted by Gasteiger charge is -2.23. The lowest BCUT2D eigenvalue weighted by Crippen LogP contribution is -2.40. The van der Waals surface area contributed by atoms with Gasteiger partial charge in [0, 0.05) is 13.1 Å². The lowest BCUT2D eigenvalue weighted by molar-refractivity contribution is -0.119. The predicted molar refractivity (Wildman–Crippen MR) is 78.1 cm³/mol. The highest BCUT2D eigenvalue weighted by Crippen LogP contribution is 2.24.